The zero-order valence-electron chi connectivity index (χ0n) is 27.9. The van der Waals surface area contributed by atoms with Crippen molar-refractivity contribution in [3.05, 3.63) is 48.5 Å². The molecule has 0 saturated heterocycles. The quantitative estimate of drug-likeness (QED) is 0.0620. The highest BCUT2D eigenvalue weighted by Crippen LogP contribution is 2.48. The molecule has 4 aromatic rings. The lowest BCUT2D eigenvalue weighted by atomic mass is 9.93. The standard InChI is InChI=1S/C40H60N2O2/c1-31(21-15-11-7-3-5-9-13-17-29-41)43-39-35-25-19-23-33-27-28-34-24-20-26-36(38(34)37(33)35)40(39)44-32(2)22-16-12-8-4-6-10-14-18-30-42/h19-20,23-28,31-32H,3-18,21-22,29-30,41-42H2,1-2H3. The fraction of sp³-hybridized carbons (Fsp3) is 0.600. The summed E-state index contributed by atoms with van der Waals surface area (Å²) in [6, 6.07) is 17.7. The molecule has 4 aromatic carbocycles. The molecule has 4 N–H and O–H groups in total. The average Bonchev–Trinajstić information content (AvgIpc) is 3.04. The summed E-state index contributed by atoms with van der Waals surface area (Å²) in [6.07, 6.45) is 22.8. The summed E-state index contributed by atoms with van der Waals surface area (Å²) in [7, 11) is 0. The zero-order chi connectivity index (χ0) is 31.0. The van der Waals surface area contributed by atoms with Crippen molar-refractivity contribution in [2.75, 3.05) is 13.1 Å². The molecule has 0 spiro atoms. The first-order valence-corrected chi connectivity index (χ1v) is 18.1. The van der Waals surface area contributed by atoms with Gasteiger partial charge < -0.3 is 20.9 Å². The Balaban J connectivity index is 1.41. The topological polar surface area (TPSA) is 70.5 Å². The maximum atomic E-state index is 6.89. The van der Waals surface area contributed by atoms with Crippen molar-refractivity contribution < 1.29 is 9.47 Å². The number of hydrogen-bond acceptors (Lipinski definition) is 4. The summed E-state index contributed by atoms with van der Waals surface area (Å²) in [4.78, 5) is 0. The molecule has 0 saturated carbocycles. The van der Waals surface area contributed by atoms with Crippen LogP contribution in [0.25, 0.3) is 32.3 Å². The van der Waals surface area contributed by atoms with E-state index in [4.69, 9.17) is 20.9 Å². The largest absolute Gasteiger partial charge is 0.486 e. The molecular weight excluding hydrogens is 540 g/mol. The number of nitrogens with two attached hydrogens (primary N) is 2. The van der Waals surface area contributed by atoms with E-state index in [9.17, 15) is 0 Å². The SMILES string of the molecule is CC(CCCCCCCCCCN)Oc1c(OC(C)CCCCCCCCCCN)c2cccc3ccc4cccc1c4c32. The molecule has 44 heavy (non-hydrogen) atoms. The third-order valence-corrected chi connectivity index (χ3v) is 9.35. The van der Waals surface area contributed by atoms with E-state index in [0.717, 1.165) is 50.3 Å². The smallest absolute Gasteiger partial charge is 0.170 e. The Labute approximate surface area is 267 Å². The molecule has 0 aromatic heterocycles. The average molecular weight is 601 g/mol. The molecule has 4 rings (SSSR count). The van der Waals surface area contributed by atoms with Gasteiger partial charge in [-0.25, -0.2) is 0 Å². The van der Waals surface area contributed by atoms with E-state index < -0.39 is 0 Å². The summed E-state index contributed by atoms with van der Waals surface area (Å²) >= 11 is 0. The van der Waals surface area contributed by atoms with Gasteiger partial charge in [0.15, 0.2) is 11.5 Å². The highest BCUT2D eigenvalue weighted by molar-refractivity contribution is 6.26. The lowest BCUT2D eigenvalue weighted by Gasteiger charge is -2.25. The van der Waals surface area contributed by atoms with Gasteiger partial charge in [0.25, 0.3) is 0 Å². The van der Waals surface area contributed by atoms with Gasteiger partial charge in [0, 0.05) is 21.5 Å². The Morgan fingerprint density at radius 3 is 1.16 bits per heavy atom. The fourth-order valence-corrected chi connectivity index (χ4v) is 6.81. The molecule has 2 atom stereocenters. The minimum Gasteiger partial charge on any atom is -0.486 e. The van der Waals surface area contributed by atoms with Gasteiger partial charge in [-0.3, -0.25) is 0 Å². The summed E-state index contributed by atoms with van der Waals surface area (Å²) in [5.74, 6) is 1.86. The third kappa shape index (κ3) is 9.97. The molecule has 0 aliphatic carbocycles. The third-order valence-electron chi connectivity index (χ3n) is 9.35. The van der Waals surface area contributed by atoms with Crippen molar-refractivity contribution >= 4 is 32.3 Å². The van der Waals surface area contributed by atoms with Crippen molar-refractivity contribution in [1.82, 2.24) is 0 Å². The molecule has 0 amide bonds. The van der Waals surface area contributed by atoms with Crippen LogP contribution in [0.2, 0.25) is 0 Å². The van der Waals surface area contributed by atoms with Gasteiger partial charge in [0.05, 0.1) is 12.2 Å². The molecular formula is C40H60N2O2. The van der Waals surface area contributed by atoms with Crippen LogP contribution in [-0.4, -0.2) is 25.3 Å². The molecule has 0 radical (unpaired) electrons. The Morgan fingerprint density at radius 1 is 0.455 bits per heavy atom. The van der Waals surface area contributed by atoms with Crippen LogP contribution in [0.4, 0.5) is 0 Å². The summed E-state index contributed by atoms with van der Waals surface area (Å²) < 4.78 is 13.8. The first-order valence-electron chi connectivity index (χ1n) is 18.1. The first kappa shape index (κ1) is 34.3. The number of unbranched alkanes of at least 4 members (excludes halogenated alkanes) is 14. The van der Waals surface area contributed by atoms with Crippen molar-refractivity contribution in [3.63, 3.8) is 0 Å². The van der Waals surface area contributed by atoms with E-state index >= 15 is 0 Å². The monoisotopic (exact) mass is 600 g/mol. The number of rotatable bonds is 24. The van der Waals surface area contributed by atoms with Gasteiger partial charge in [-0.2, -0.15) is 0 Å². The van der Waals surface area contributed by atoms with E-state index in [-0.39, 0.29) is 12.2 Å². The van der Waals surface area contributed by atoms with Crippen LogP contribution in [0, 0.1) is 0 Å². The van der Waals surface area contributed by atoms with E-state index in [2.05, 4.69) is 62.4 Å². The van der Waals surface area contributed by atoms with Crippen LogP contribution in [-0.2, 0) is 0 Å². The first-order chi connectivity index (χ1) is 21.6. The Morgan fingerprint density at radius 2 is 0.795 bits per heavy atom. The van der Waals surface area contributed by atoms with Gasteiger partial charge in [-0.15, -0.1) is 0 Å². The Bertz CT molecular complexity index is 1250. The highest BCUT2D eigenvalue weighted by Gasteiger charge is 2.22. The fourth-order valence-electron chi connectivity index (χ4n) is 6.81. The Hall–Kier alpha value is -2.56. The van der Waals surface area contributed by atoms with E-state index in [1.54, 1.807) is 0 Å². The predicted molar refractivity (Wildman–Crippen MR) is 192 cm³/mol. The molecule has 4 nitrogen and oxygen atoms in total. The normalized spacial score (nSPS) is 13.3. The van der Waals surface area contributed by atoms with Crippen molar-refractivity contribution in [2.45, 2.75) is 142 Å². The lowest BCUT2D eigenvalue weighted by Crippen LogP contribution is -2.16. The summed E-state index contributed by atoms with van der Waals surface area (Å²) in [6.45, 7) is 6.12. The van der Waals surface area contributed by atoms with Crippen LogP contribution >= 0.6 is 0 Å². The van der Waals surface area contributed by atoms with Gasteiger partial charge in [-0.05, 0) is 76.2 Å². The van der Waals surface area contributed by atoms with Crippen LogP contribution < -0.4 is 20.9 Å². The van der Waals surface area contributed by atoms with Gasteiger partial charge >= 0.3 is 0 Å². The molecule has 0 heterocycles. The van der Waals surface area contributed by atoms with Crippen molar-refractivity contribution in [3.8, 4) is 11.5 Å². The number of hydrogen-bond donors (Lipinski definition) is 2. The van der Waals surface area contributed by atoms with Gasteiger partial charge in [0.2, 0.25) is 0 Å². The second-order valence-electron chi connectivity index (χ2n) is 13.2. The minimum absolute atomic E-state index is 0.132. The number of ether oxygens (including phenoxy) is 2. The van der Waals surface area contributed by atoms with Crippen LogP contribution in [0.3, 0.4) is 0 Å². The van der Waals surface area contributed by atoms with Crippen LogP contribution in [0.15, 0.2) is 48.5 Å². The highest BCUT2D eigenvalue weighted by atomic mass is 16.5. The summed E-state index contributed by atoms with van der Waals surface area (Å²) in [5, 5.41) is 7.46. The van der Waals surface area contributed by atoms with Crippen molar-refractivity contribution in [1.29, 1.82) is 0 Å². The second kappa shape index (κ2) is 19.1. The molecule has 0 aliphatic rings. The van der Waals surface area contributed by atoms with E-state index in [1.807, 2.05) is 0 Å². The number of benzene rings is 4. The van der Waals surface area contributed by atoms with Crippen LogP contribution in [0.1, 0.15) is 129 Å². The zero-order valence-corrected chi connectivity index (χ0v) is 27.9. The lowest BCUT2D eigenvalue weighted by molar-refractivity contribution is 0.172. The molecule has 242 valence electrons. The maximum absolute atomic E-state index is 6.89. The molecule has 0 bridgehead atoms. The summed E-state index contributed by atoms with van der Waals surface area (Å²) in [5.41, 5.74) is 11.2. The molecule has 2 unspecified atom stereocenters. The molecule has 4 heteroatoms. The van der Waals surface area contributed by atoms with E-state index in [1.165, 1.54) is 122 Å². The molecule has 0 aliphatic heterocycles. The van der Waals surface area contributed by atoms with E-state index in [0.29, 0.717) is 0 Å². The molecule has 0 fully saturated rings. The second-order valence-corrected chi connectivity index (χ2v) is 13.2. The Kier molecular flexibility index (Phi) is 14.9. The minimum atomic E-state index is 0.132. The van der Waals surface area contributed by atoms with Gasteiger partial charge in [0.1, 0.15) is 0 Å². The predicted octanol–water partition coefficient (Wildman–Crippen LogP) is 11.1. The van der Waals surface area contributed by atoms with Crippen LogP contribution in [0.5, 0.6) is 11.5 Å². The van der Waals surface area contributed by atoms with Crippen molar-refractivity contribution in [2.24, 2.45) is 11.5 Å². The maximum Gasteiger partial charge on any atom is 0.170 e. The van der Waals surface area contributed by atoms with Gasteiger partial charge in [-0.1, -0.05) is 126 Å².